The van der Waals surface area contributed by atoms with E-state index in [4.69, 9.17) is 4.98 Å². The van der Waals surface area contributed by atoms with Crippen molar-refractivity contribution in [3.05, 3.63) is 51.7 Å². The minimum Gasteiger partial charge on any atom is -0.304 e. The molecular formula is C25H31N3O. The molecule has 0 saturated heterocycles. The van der Waals surface area contributed by atoms with Crippen LogP contribution in [0.3, 0.4) is 0 Å². The normalized spacial score (nSPS) is 24.5. The van der Waals surface area contributed by atoms with E-state index in [2.05, 4.69) is 61.5 Å². The second-order valence-electron chi connectivity index (χ2n) is 10.2. The first kappa shape index (κ1) is 18.8. The zero-order chi connectivity index (χ0) is 20.3. The van der Waals surface area contributed by atoms with Crippen LogP contribution in [-0.4, -0.2) is 14.4 Å². The van der Waals surface area contributed by atoms with Gasteiger partial charge in [-0.3, -0.25) is 9.78 Å². The zero-order valence-electron chi connectivity index (χ0n) is 18.0. The van der Waals surface area contributed by atoms with Crippen molar-refractivity contribution >= 4 is 16.6 Å². The molecule has 5 rings (SSSR count). The number of nitrogens with zero attached hydrogens (tertiary/aromatic N) is 3. The van der Waals surface area contributed by atoms with Crippen molar-refractivity contribution in [2.24, 2.45) is 5.92 Å². The number of rotatable bonds is 1. The van der Waals surface area contributed by atoms with Crippen molar-refractivity contribution < 1.29 is 0 Å². The molecule has 3 atom stereocenters. The van der Waals surface area contributed by atoms with Crippen LogP contribution in [0, 0.1) is 5.92 Å². The summed E-state index contributed by atoms with van der Waals surface area (Å²) >= 11 is 0. The smallest absolute Gasteiger partial charge is 0.276 e. The molecule has 4 nitrogen and oxygen atoms in total. The molecule has 2 aliphatic rings. The van der Waals surface area contributed by atoms with Crippen molar-refractivity contribution in [1.29, 1.82) is 0 Å². The van der Waals surface area contributed by atoms with Gasteiger partial charge in [-0.15, -0.1) is 0 Å². The standard InChI is InChI=1S/C25H31N3O/c1-5-16-13-15-7-6-8-17(14-15)21-22(16)28-12-11-19-18(23(28)27-24(21)29)9-10-20(26-19)25(2,3)4/h9-12,15-17H,5-8,13-14H2,1-4H3. The van der Waals surface area contributed by atoms with Crippen LogP contribution < -0.4 is 5.56 Å². The first-order chi connectivity index (χ1) is 13.9. The minimum atomic E-state index is -0.00796. The van der Waals surface area contributed by atoms with Gasteiger partial charge in [0.1, 0.15) is 0 Å². The second-order valence-corrected chi connectivity index (χ2v) is 10.2. The number of fused-ring (bicyclic) bond motifs is 8. The van der Waals surface area contributed by atoms with Crippen LogP contribution in [0.1, 0.15) is 95.0 Å². The SMILES string of the molecule is CCC1CC2CCCC(C2)c2c1n1ccc3nc(C(C)(C)C)ccc3c1nc2=O. The Morgan fingerprint density at radius 2 is 1.93 bits per heavy atom. The van der Waals surface area contributed by atoms with Gasteiger partial charge < -0.3 is 4.40 Å². The highest BCUT2D eigenvalue weighted by Gasteiger charge is 2.35. The summed E-state index contributed by atoms with van der Waals surface area (Å²) in [4.78, 5) is 22.8. The number of pyridine rings is 2. The lowest BCUT2D eigenvalue weighted by molar-refractivity contribution is 0.302. The lowest BCUT2D eigenvalue weighted by Gasteiger charge is -2.26. The molecule has 3 heterocycles. The number of hydrogen-bond donors (Lipinski definition) is 0. The Morgan fingerprint density at radius 3 is 2.69 bits per heavy atom. The quantitative estimate of drug-likeness (QED) is 0.501. The number of hydrogen-bond acceptors (Lipinski definition) is 3. The topological polar surface area (TPSA) is 47.3 Å². The van der Waals surface area contributed by atoms with Crippen LogP contribution in [0.2, 0.25) is 0 Å². The van der Waals surface area contributed by atoms with Crippen molar-refractivity contribution in [1.82, 2.24) is 14.4 Å². The van der Waals surface area contributed by atoms with E-state index >= 15 is 0 Å². The Bertz CT molecular complexity index is 1150. The van der Waals surface area contributed by atoms with E-state index in [1.165, 1.54) is 25.0 Å². The summed E-state index contributed by atoms with van der Waals surface area (Å²) in [5, 5.41) is 0.975. The average Bonchev–Trinajstić information content (AvgIpc) is 2.80. The summed E-state index contributed by atoms with van der Waals surface area (Å²) in [6.07, 6.45) is 9.23. The summed E-state index contributed by atoms with van der Waals surface area (Å²) in [6.45, 7) is 8.79. The van der Waals surface area contributed by atoms with E-state index in [1.807, 2.05) is 0 Å². The van der Waals surface area contributed by atoms with Gasteiger partial charge in [0.05, 0.1) is 5.52 Å². The molecule has 3 aromatic rings. The Hall–Kier alpha value is -2.23. The van der Waals surface area contributed by atoms with E-state index in [-0.39, 0.29) is 11.0 Å². The Morgan fingerprint density at radius 1 is 1.10 bits per heavy atom. The molecule has 1 saturated carbocycles. The molecule has 0 radical (unpaired) electrons. The van der Waals surface area contributed by atoms with Gasteiger partial charge >= 0.3 is 0 Å². The van der Waals surface area contributed by atoms with Gasteiger partial charge in [-0.25, -0.2) is 0 Å². The molecule has 3 unspecified atom stereocenters. The zero-order valence-corrected chi connectivity index (χ0v) is 18.0. The van der Waals surface area contributed by atoms with Crippen molar-refractivity contribution in [2.75, 3.05) is 0 Å². The van der Waals surface area contributed by atoms with Crippen LogP contribution in [0.5, 0.6) is 0 Å². The predicted octanol–water partition coefficient (Wildman–Crippen LogP) is 5.71. The van der Waals surface area contributed by atoms with Gasteiger partial charge in [-0.05, 0) is 55.7 Å². The molecule has 0 aliphatic heterocycles. The summed E-state index contributed by atoms with van der Waals surface area (Å²) in [5.74, 6) is 1.56. The molecule has 4 heteroatoms. The lowest BCUT2D eigenvalue weighted by atomic mass is 9.79. The molecule has 0 N–H and O–H groups in total. The van der Waals surface area contributed by atoms with E-state index in [9.17, 15) is 4.79 Å². The molecule has 152 valence electrons. The van der Waals surface area contributed by atoms with Crippen LogP contribution in [0.25, 0.3) is 16.6 Å². The minimum absolute atomic E-state index is 0.00148. The van der Waals surface area contributed by atoms with Gasteiger partial charge in [0.25, 0.3) is 5.56 Å². The largest absolute Gasteiger partial charge is 0.304 e. The molecule has 2 bridgehead atoms. The van der Waals surface area contributed by atoms with E-state index in [0.29, 0.717) is 11.8 Å². The molecule has 0 spiro atoms. The lowest BCUT2D eigenvalue weighted by Crippen LogP contribution is -2.24. The highest BCUT2D eigenvalue weighted by Crippen LogP contribution is 2.46. The summed E-state index contributed by atoms with van der Waals surface area (Å²) in [7, 11) is 0. The summed E-state index contributed by atoms with van der Waals surface area (Å²) < 4.78 is 2.23. The van der Waals surface area contributed by atoms with Gasteiger partial charge in [-0.1, -0.05) is 40.5 Å². The molecular weight excluding hydrogens is 358 g/mol. The van der Waals surface area contributed by atoms with Crippen molar-refractivity contribution in [3.63, 3.8) is 0 Å². The number of aromatic nitrogens is 3. The summed E-state index contributed by atoms with van der Waals surface area (Å²) in [6, 6.07) is 6.30. The van der Waals surface area contributed by atoms with Crippen molar-refractivity contribution in [2.45, 2.75) is 83.5 Å². The Labute approximate surface area is 172 Å². The molecule has 0 amide bonds. The first-order valence-corrected chi connectivity index (χ1v) is 11.2. The first-order valence-electron chi connectivity index (χ1n) is 11.2. The maximum absolute atomic E-state index is 13.3. The van der Waals surface area contributed by atoms with Crippen LogP contribution in [0.15, 0.2) is 29.2 Å². The fourth-order valence-electron chi connectivity index (χ4n) is 5.70. The average molecular weight is 390 g/mol. The monoisotopic (exact) mass is 389 g/mol. The Kier molecular flexibility index (Phi) is 4.30. The summed E-state index contributed by atoms with van der Waals surface area (Å²) in [5.41, 5.74) is 4.99. The van der Waals surface area contributed by atoms with Crippen LogP contribution in [0.4, 0.5) is 0 Å². The highest BCUT2D eigenvalue weighted by molar-refractivity contribution is 5.91. The fraction of sp³-hybridized carbons (Fsp3) is 0.560. The predicted molar refractivity (Wildman–Crippen MR) is 118 cm³/mol. The molecule has 3 aromatic heterocycles. The van der Waals surface area contributed by atoms with E-state index in [0.717, 1.165) is 53.0 Å². The second kappa shape index (κ2) is 6.65. The van der Waals surface area contributed by atoms with E-state index < -0.39 is 0 Å². The van der Waals surface area contributed by atoms with Crippen LogP contribution >= 0.6 is 0 Å². The van der Waals surface area contributed by atoms with E-state index in [1.54, 1.807) is 0 Å². The molecule has 0 aromatic carbocycles. The van der Waals surface area contributed by atoms with Gasteiger partial charge in [-0.2, -0.15) is 4.98 Å². The maximum Gasteiger partial charge on any atom is 0.276 e. The molecule has 29 heavy (non-hydrogen) atoms. The maximum atomic E-state index is 13.3. The van der Waals surface area contributed by atoms with Crippen molar-refractivity contribution in [3.8, 4) is 0 Å². The van der Waals surface area contributed by atoms with Gasteiger partial charge in [0, 0.05) is 39.9 Å². The third-order valence-corrected chi connectivity index (χ3v) is 7.21. The Balaban J connectivity index is 1.81. The van der Waals surface area contributed by atoms with Crippen LogP contribution in [-0.2, 0) is 5.41 Å². The highest BCUT2D eigenvalue weighted by atomic mass is 16.1. The molecule has 2 aliphatic carbocycles. The third kappa shape index (κ3) is 2.99. The third-order valence-electron chi connectivity index (χ3n) is 7.21. The van der Waals surface area contributed by atoms with Gasteiger partial charge in [0.15, 0.2) is 5.65 Å². The molecule has 1 fully saturated rings. The fourth-order valence-corrected chi connectivity index (χ4v) is 5.70. The van der Waals surface area contributed by atoms with Gasteiger partial charge in [0.2, 0.25) is 0 Å².